The number of nitrogens with zero attached hydrogens (tertiary/aromatic N) is 2. The van der Waals surface area contributed by atoms with Crippen LogP contribution in [0.5, 0.6) is 5.75 Å². The van der Waals surface area contributed by atoms with Crippen LogP contribution >= 0.6 is 0 Å². The van der Waals surface area contributed by atoms with Gasteiger partial charge in [-0.1, -0.05) is 0 Å². The van der Waals surface area contributed by atoms with Crippen molar-refractivity contribution in [1.82, 2.24) is 9.88 Å². The fourth-order valence-corrected chi connectivity index (χ4v) is 3.16. The third-order valence-corrected chi connectivity index (χ3v) is 4.59. The Morgan fingerprint density at radius 3 is 2.72 bits per heavy atom. The number of hydrogen-bond donors (Lipinski definition) is 1. The summed E-state index contributed by atoms with van der Waals surface area (Å²) in [4.78, 5) is 18.5. The first-order chi connectivity index (χ1) is 13.8. The van der Waals surface area contributed by atoms with Crippen LogP contribution in [0.25, 0.3) is 11.1 Å². The average molecular weight is 405 g/mol. The minimum absolute atomic E-state index is 0.200. The number of aromatic nitrogens is 1. The van der Waals surface area contributed by atoms with Gasteiger partial charge in [-0.25, -0.2) is 4.79 Å². The minimum Gasteiger partial charge on any atom is -0.493 e. The van der Waals surface area contributed by atoms with E-state index in [1.165, 1.54) is 0 Å². The highest BCUT2D eigenvalue weighted by atomic mass is 16.6. The number of nitrogens with one attached hydrogen (secondary N) is 1. The van der Waals surface area contributed by atoms with E-state index in [0.717, 1.165) is 30.5 Å². The summed E-state index contributed by atoms with van der Waals surface area (Å²) in [6.07, 6.45) is 2.20. The van der Waals surface area contributed by atoms with Crippen molar-refractivity contribution in [2.45, 2.75) is 51.7 Å². The number of hydrogen-bond acceptors (Lipinski definition) is 7. The molecule has 0 saturated carbocycles. The van der Waals surface area contributed by atoms with E-state index >= 15 is 0 Å². The van der Waals surface area contributed by atoms with Gasteiger partial charge in [0, 0.05) is 45.3 Å². The molecular weight excluding hydrogens is 374 g/mol. The summed E-state index contributed by atoms with van der Waals surface area (Å²) in [5.74, 6) is 0.763. The number of piperidine rings is 1. The van der Waals surface area contributed by atoms with Crippen molar-refractivity contribution in [3.05, 3.63) is 18.2 Å². The summed E-state index contributed by atoms with van der Waals surface area (Å²) < 4.78 is 22.0. The number of rotatable bonds is 7. The molecule has 1 amide bonds. The molecule has 2 aromatic rings. The van der Waals surface area contributed by atoms with Crippen molar-refractivity contribution < 1.29 is 23.4 Å². The highest BCUT2D eigenvalue weighted by molar-refractivity contribution is 5.76. The van der Waals surface area contributed by atoms with Crippen LogP contribution in [0, 0.1) is 0 Å². The standard InChI is InChI=1S/C21H31N3O5/c1-21(2,3)29-20(25)24-10-8-15(9-11-24)22-19-23-17-14-16(6-7-18(17)28-19)27-13-5-12-26-4/h6-7,14-15H,5,8-13H2,1-4H3,(H,22,23). The summed E-state index contributed by atoms with van der Waals surface area (Å²) in [5.41, 5.74) is 0.988. The van der Waals surface area contributed by atoms with E-state index in [9.17, 15) is 4.79 Å². The molecule has 0 spiro atoms. The maximum atomic E-state index is 12.2. The van der Waals surface area contributed by atoms with E-state index in [1.54, 1.807) is 12.0 Å². The Balaban J connectivity index is 1.51. The van der Waals surface area contributed by atoms with Crippen molar-refractivity contribution in [3.8, 4) is 5.75 Å². The van der Waals surface area contributed by atoms with Crippen LogP contribution in [0.2, 0.25) is 0 Å². The van der Waals surface area contributed by atoms with E-state index in [0.29, 0.717) is 37.9 Å². The first-order valence-electron chi connectivity index (χ1n) is 10.1. The average Bonchev–Trinajstić information content (AvgIpc) is 3.06. The Morgan fingerprint density at radius 1 is 1.28 bits per heavy atom. The van der Waals surface area contributed by atoms with E-state index in [-0.39, 0.29) is 12.1 Å². The van der Waals surface area contributed by atoms with E-state index in [4.69, 9.17) is 18.6 Å². The lowest BCUT2D eigenvalue weighted by Crippen LogP contribution is -2.44. The number of carbonyl (C=O) groups excluding carboxylic acids is 1. The molecule has 1 aliphatic heterocycles. The van der Waals surface area contributed by atoms with Crippen molar-refractivity contribution in [2.24, 2.45) is 0 Å². The van der Waals surface area contributed by atoms with Crippen molar-refractivity contribution in [1.29, 1.82) is 0 Å². The van der Waals surface area contributed by atoms with Gasteiger partial charge in [0.15, 0.2) is 5.58 Å². The van der Waals surface area contributed by atoms with Crippen LogP contribution in [-0.2, 0) is 9.47 Å². The Morgan fingerprint density at radius 2 is 2.03 bits per heavy atom. The van der Waals surface area contributed by atoms with Crippen LogP contribution in [-0.4, -0.2) is 61.0 Å². The summed E-state index contributed by atoms with van der Waals surface area (Å²) in [5, 5.41) is 3.34. The van der Waals surface area contributed by atoms with Gasteiger partial charge in [-0.05, 0) is 45.7 Å². The van der Waals surface area contributed by atoms with Gasteiger partial charge in [0.1, 0.15) is 16.9 Å². The summed E-state index contributed by atoms with van der Waals surface area (Å²) in [7, 11) is 1.68. The number of amides is 1. The number of fused-ring (bicyclic) bond motifs is 1. The van der Waals surface area contributed by atoms with Gasteiger partial charge in [0.05, 0.1) is 6.61 Å². The molecular formula is C21H31N3O5. The van der Waals surface area contributed by atoms with Crippen LogP contribution in [0.3, 0.4) is 0 Å². The van der Waals surface area contributed by atoms with Gasteiger partial charge >= 0.3 is 6.09 Å². The Hall–Kier alpha value is -2.48. The zero-order valence-electron chi connectivity index (χ0n) is 17.7. The zero-order valence-corrected chi connectivity index (χ0v) is 17.7. The molecule has 1 aromatic heterocycles. The second-order valence-electron chi connectivity index (χ2n) is 8.23. The Kier molecular flexibility index (Phi) is 6.84. The van der Waals surface area contributed by atoms with Crippen molar-refractivity contribution >= 4 is 23.2 Å². The van der Waals surface area contributed by atoms with Crippen LogP contribution in [0.15, 0.2) is 22.6 Å². The van der Waals surface area contributed by atoms with Crippen LogP contribution < -0.4 is 10.1 Å². The maximum absolute atomic E-state index is 12.2. The number of anilines is 1. The molecule has 1 aromatic carbocycles. The normalized spacial score (nSPS) is 15.5. The number of ether oxygens (including phenoxy) is 3. The summed E-state index contributed by atoms with van der Waals surface area (Å²) >= 11 is 0. The predicted molar refractivity (Wildman–Crippen MR) is 110 cm³/mol. The zero-order chi connectivity index (χ0) is 20.9. The van der Waals surface area contributed by atoms with Crippen LogP contribution in [0.1, 0.15) is 40.0 Å². The molecule has 8 heteroatoms. The lowest BCUT2D eigenvalue weighted by Gasteiger charge is -2.33. The quantitative estimate of drug-likeness (QED) is 0.695. The molecule has 1 aliphatic rings. The molecule has 29 heavy (non-hydrogen) atoms. The first kappa shape index (κ1) is 21.2. The molecule has 1 fully saturated rings. The van der Waals surface area contributed by atoms with Crippen LogP contribution in [0.4, 0.5) is 10.8 Å². The minimum atomic E-state index is -0.475. The molecule has 1 N–H and O–H groups in total. The molecule has 0 unspecified atom stereocenters. The molecule has 0 bridgehead atoms. The number of likely N-dealkylation sites (tertiary alicyclic amines) is 1. The van der Waals surface area contributed by atoms with Crippen molar-refractivity contribution in [2.75, 3.05) is 38.7 Å². The van der Waals surface area contributed by atoms with Gasteiger partial charge in [-0.2, -0.15) is 4.98 Å². The monoisotopic (exact) mass is 405 g/mol. The number of benzene rings is 1. The number of oxazole rings is 1. The van der Waals surface area contributed by atoms with Crippen molar-refractivity contribution in [3.63, 3.8) is 0 Å². The summed E-state index contributed by atoms with van der Waals surface area (Å²) in [6, 6.07) is 6.31. The lowest BCUT2D eigenvalue weighted by molar-refractivity contribution is 0.0210. The third kappa shape index (κ3) is 6.25. The van der Waals surface area contributed by atoms with E-state index in [1.807, 2.05) is 39.0 Å². The molecule has 3 rings (SSSR count). The molecule has 0 radical (unpaired) electrons. The molecule has 0 aliphatic carbocycles. The molecule has 2 heterocycles. The van der Waals surface area contributed by atoms with Gasteiger partial charge in [-0.3, -0.25) is 0 Å². The second-order valence-corrected chi connectivity index (χ2v) is 8.23. The van der Waals surface area contributed by atoms with Gasteiger partial charge in [0.25, 0.3) is 6.01 Å². The predicted octanol–water partition coefficient (Wildman–Crippen LogP) is 4.05. The fraction of sp³-hybridized carbons (Fsp3) is 0.619. The molecule has 0 atom stereocenters. The highest BCUT2D eigenvalue weighted by Crippen LogP contribution is 2.25. The molecule has 160 valence electrons. The van der Waals surface area contributed by atoms with E-state index in [2.05, 4.69) is 10.3 Å². The third-order valence-electron chi connectivity index (χ3n) is 4.59. The smallest absolute Gasteiger partial charge is 0.410 e. The second kappa shape index (κ2) is 9.35. The Labute approximate surface area is 171 Å². The Bertz CT molecular complexity index is 806. The maximum Gasteiger partial charge on any atom is 0.410 e. The lowest BCUT2D eigenvalue weighted by atomic mass is 10.1. The molecule has 1 saturated heterocycles. The largest absolute Gasteiger partial charge is 0.493 e. The number of methoxy groups -OCH3 is 1. The topological polar surface area (TPSA) is 86.1 Å². The fourth-order valence-electron chi connectivity index (χ4n) is 3.16. The van der Waals surface area contributed by atoms with E-state index < -0.39 is 5.60 Å². The number of carbonyl (C=O) groups is 1. The highest BCUT2D eigenvalue weighted by Gasteiger charge is 2.27. The summed E-state index contributed by atoms with van der Waals surface area (Å²) in [6.45, 7) is 8.19. The molecule has 8 nitrogen and oxygen atoms in total. The van der Waals surface area contributed by atoms with Gasteiger partial charge in [0.2, 0.25) is 0 Å². The first-order valence-corrected chi connectivity index (χ1v) is 10.1. The van der Waals surface area contributed by atoms with Gasteiger partial charge < -0.3 is 28.8 Å². The SMILES string of the molecule is COCCCOc1ccc2oc(NC3CCN(C(=O)OC(C)(C)C)CC3)nc2c1. The van der Waals surface area contributed by atoms with Gasteiger partial charge in [-0.15, -0.1) is 0 Å².